The van der Waals surface area contributed by atoms with Crippen molar-refractivity contribution in [2.75, 3.05) is 29.2 Å². The minimum Gasteiger partial charge on any atom is -0.486 e. The molecule has 2 amide bonds. The Balaban J connectivity index is 1.41. The predicted molar refractivity (Wildman–Crippen MR) is 120 cm³/mol. The van der Waals surface area contributed by atoms with Crippen molar-refractivity contribution in [2.24, 2.45) is 0 Å². The van der Waals surface area contributed by atoms with E-state index in [2.05, 4.69) is 5.32 Å². The number of hydrogen-bond acceptors (Lipinski definition) is 6. The zero-order valence-corrected chi connectivity index (χ0v) is 18.9. The molecule has 0 spiro atoms. The number of anilines is 2. The summed E-state index contributed by atoms with van der Waals surface area (Å²) in [5, 5.41) is 2.71. The standard InChI is InChI=1S/C23H26N2O6S/c1-3-23(27)25-15(2)12-16-13-18(5-6-19(16)25)32(28,29)11-8-22(26)24-17-4-7-20-21(14-17)31-10-9-30-20/h4-7,13-15H,3,8-12H2,1-2H3,(H,24,26)/t15-/m1/s1. The lowest BCUT2D eigenvalue weighted by Gasteiger charge is -2.22. The van der Waals surface area contributed by atoms with Crippen LogP contribution in [0, 0.1) is 0 Å². The number of nitrogens with one attached hydrogen (secondary N) is 1. The maximum Gasteiger partial charge on any atom is 0.226 e. The molecule has 2 heterocycles. The quantitative estimate of drug-likeness (QED) is 0.714. The average Bonchev–Trinajstić information content (AvgIpc) is 3.12. The smallest absolute Gasteiger partial charge is 0.226 e. The van der Waals surface area contributed by atoms with E-state index >= 15 is 0 Å². The molecule has 0 saturated heterocycles. The summed E-state index contributed by atoms with van der Waals surface area (Å²) in [5.41, 5.74) is 2.12. The maximum atomic E-state index is 12.8. The zero-order valence-electron chi connectivity index (χ0n) is 18.1. The Kier molecular flexibility index (Phi) is 6.10. The largest absolute Gasteiger partial charge is 0.486 e. The molecule has 9 heteroatoms. The second-order valence-electron chi connectivity index (χ2n) is 7.94. The van der Waals surface area contributed by atoms with E-state index in [1.54, 1.807) is 35.2 Å². The Morgan fingerprint density at radius 2 is 1.84 bits per heavy atom. The number of benzene rings is 2. The number of fused-ring (bicyclic) bond motifs is 2. The second-order valence-corrected chi connectivity index (χ2v) is 10.0. The van der Waals surface area contributed by atoms with Gasteiger partial charge in [-0.15, -0.1) is 0 Å². The van der Waals surface area contributed by atoms with Gasteiger partial charge in [0.1, 0.15) is 13.2 Å². The normalized spacial score (nSPS) is 17.1. The minimum atomic E-state index is -3.65. The van der Waals surface area contributed by atoms with E-state index < -0.39 is 15.7 Å². The lowest BCUT2D eigenvalue weighted by atomic mass is 10.1. The highest BCUT2D eigenvalue weighted by Crippen LogP contribution is 2.35. The predicted octanol–water partition coefficient (Wildman–Crippen LogP) is 2.95. The molecule has 0 radical (unpaired) electrons. The molecule has 2 aromatic rings. The summed E-state index contributed by atoms with van der Waals surface area (Å²) in [6.07, 6.45) is 0.821. The average molecular weight is 459 g/mol. The van der Waals surface area contributed by atoms with Crippen LogP contribution in [0.25, 0.3) is 0 Å². The van der Waals surface area contributed by atoms with Gasteiger partial charge in [0.15, 0.2) is 21.3 Å². The first-order valence-electron chi connectivity index (χ1n) is 10.7. The summed E-state index contributed by atoms with van der Waals surface area (Å²) in [7, 11) is -3.65. The van der Waals surface area contributed by atoms with Gasteiger partial charge in [-0.3, -0.25) is 9.59 Å². The first kappa shape index (κ1) is 22.1. The van der Waals surface area contributed by atoms with E-state index in [1.165, 1.54) is 6.07 Å². The van der Waals surface area contributed by atoms with Gasteiger partial charge < -0.3 is 19.7 Å². The van der Waals surface area contributed by atoms with Gasteiger partial charge in [0.2, 0.25) is 11.8 Å². The van der Waals surface area contributed by atoms with Gasteiger partial charge in [0.25, 0.3) is 0 Å². The molecule has 4 rings (SSSR count). The van der Waals surface area contributed by atoms with Crippen LogP contribution in [0.2, 0.25) is 0 Å². The highest BCUT2D eigenvalue weighted by Gasteiger charge is 2.31. The highest BCUT2D eigenvalue weighted by molar-refractivity contribution is 7.91. The molecular weight excluding hydrogens is 432 g/mol. The minimum absolute atomic E-state index is 0.00724. The van der Waals surface area contributed by atoms with Gasteiger partial charge in [0.05, 0.1) is 10.6 Å². The van der Waals surface area contributed by atoms with Crippen LogP contribution in [0.4, 0.5) is 11.4 Å². The van der Waals surface area contributed by atoms with Crippen LogP contribution in [0.5, 0.6) is 11.5 Å². The monoisotopic (exact) mass is 458 g/mol. The second kappa shape index (κ2) is 8.82. The van der Waals surface area contributed by atoms with E-state index in [0.717, 1.165) is 11.3 Å². The summed E-state index contributed by atoms with van der Waals surface area (Å²) >= 11 is 0. The molecule has 2 aliphatic rings. The Morgan fingerprint density at radius 3 is 2.59 bits per heavy atom. The molecule has 2 aromatic carbocycles. The number of nitrogens with zero attached hydrogens (tertiary/aromatic N) is 1. The fourth-order valence-corrected chi connectivity index (χ4v) is 5.33. The van der Waals surface area contributed by atoms with Gasteiger partial charge >= 0.3 is 0 Å². The zero-order chi connectivity index (χ0) is 22.9. The van der Waals surface area contributed by atoms with E-state index in [4.69, 9.17) is 9.47 Å². The van der Waals surface area contributed by atoms with E-state index in [0.29, 0.717) is 43.2 Å². The number of ether oxygens (including phenoxy) is 2. The van der Waals surface area contributed by atoms with Crippen molar-refractivity contribution < 1.29 is 27.5 Å². The number of sulfone groups is 1. The summed E-state index contributed by atoms with van der Waals surface area (Å²) in [6.45, 7) is 4.67. The Hall–Kier alpha value is -3.07. The molecule has 0 bridgehead atoms. The van der Waals surface area contributed by atoms with Crippen LogP contribution in [0.1, 0.15) is 32.3 Å². The molecule has 2 aliphatic heterocycles. The topological polar surface area (TPSA) is 102 Å². The molecule has 170 valence electrons. The Morgan fingerprint density at radius 1 is 1.09 bits per heavy atom. The number of rotatable bonds is 6. The van der Waals surface area contributed by atoms with E-state index in [-0.39, 0.29) is 29.0 Å². The van der Waals surface area contributed by atoms with Gasteiger partial charge in [-0.2, -0.15) is 0 Å². The van der Waals surface area contributed by atoms with Crippen LogP contribution in [-0.4, -0.2) is 45.2 Å². The molecular formula is C23H26N2O6S. The van der Waals surface area contributed by atoms with Crippen molar-refractivity contribution in [3.63, 3.8) is 0 Å². The third-order valence-electron chi connectivity index (χ3n) is 5.62. The van der Waals surface area contributed by atoms with Gasteiger partial charge in [0, 0.05) is 36.3 Å². The van der Waals surface area contributed by atoms with Crippen molar-refractivity contribution in [2.45, 2.75) is 44.0 Å². The fourth-order valence-electron chi connectivity index (χ4n) is 4.04. The van der Waals surface area contributed by atoms with Crippen LogP contribution in [-0.2, 0) is 25.8 Å². The third-order valence-corrected chi connectivity index (χ3v) is 7.33. The first-order chi connectivity index (χ1) is 15.3. The first-order valence-corrected chi connectivity index (χ1v) is 12.3. The summed E-state index contributed by atoms with van der Waals surface area (Å²) in [4.78, 5) is 26.5. The summed E-state index contributed by atoms with van der Waals surface area (Å²) in [5.74, 6) is 0.462. The Bertz CT molecular complexity index is 1160. The summed E-state index contributed by atoms with van der Waals surface area (Å²) < 4.78 is 36.6. The molecule has 32 heavy (non-hydrogen) atoms. The fraction of sp³-hybridized carbons (Fsp3) is 0.391. The van der Waals surface area contributed by atoms with Gasteiger partial charge in [-0.05, 0) is 49.2 Å². The van der Waals surface area contributed by atoms with Gasteiger partial charge in [-0.25, -0.2) is 8.42 Å². The molecule has 8 nitrogen and oxygen atoms in total. The molecule has 0 saturated carbocycles. The summed E-state index contributed by atoms with van der Waals surface area (Å²) in [6, 6.07) is 9.88. The number of carbonyl (C=O) groups is 2. The third kappa shape index (κ3) is 4.43. The van der Waals surface area contributed by atoms with Crippen LogP contribution < -0.4 is 19.7 Å². The van der Waals surface area contributed by atoms with Crippen molar-refractivity contribution in [1.82, 2.24) is 0 Å². The molecule has 1 N–H and O–H groups in total. The highest BCUT2D eigenvalue weighted by atomic mass is 32.2. The number of carbonyl (C=O) groups excluding carboxylic acids is 2. The van der Waals surface area contributed by atoms with E-state index in [1.807, 2.05) is 13.8 Å². The van der Waals surface area contributed by atoms with Crippen LogP contribution in [0.15, 0.2) is 41.3 Å². The van der Waals surface area contributed by atoms with Gasteiger partial charge in [-0.1, -0.05) is 6.92 Å². The SMILES string of the molecule is CCC(=O)N1c2ccc(S(=O)(=O)CCC(=O)Nc3ccc4c(c3)OCCO4)cc2C[C@H]1C. The molecule has 1 atom stereocenters. The number of amides is 2. The van der Waals surface area contributed by atoms with Crippen molar-refractivity contribution >= 4 is 33.0 Å². The van der Waals surface area contributed by atoms with E-state index in [9.17, 15) is 18.0 Å². The Labute approximate surface area is 187 Å². The molecule has 0 aromatic heterocycles. The van der Waals surface area contributed by atoms with Crippen LogP contribution in [0.3, 0.4) is 0 Å². The van der Waals surface area contributed by atoms with Crippen molar-refractivity contribution in [3.8, 4) is 11.5 Å². The maximum absolute atomic E-state index is 12.8. The lowest BCUT2D eigenvalue weighted by molar-refractivity contribution is -0.118. The lowest BCUT2D eigenvalue weighted by Crippen LogP contribution is -2.35. The van der Waals surface area contributed by atoms with Crippen LogP contribution >= 0.6 is 0 Å². The molecule has 0 aliphatic carbocycles. The molecule has 0 unspecified atom stereocenters. The van der Waals surface area contributed by atoms with Crippen molar-refractivity contribution in [1.29, 1.82) is 0 Å². The molecule has 0 fully saturated rings. The number of hydrogen-bond donors (Lipinski definition) is 1. The van der Waals surface area contributed by atoms with Crippen molar-refractivity contribution in [3.05, 3.63) is 42.0 Å².